The second-order valence-electron chi connectivity index (χ2n) is 4.57. The number of nitrogens with zero attached hydrogens (tertiary/aromatic N) is 1. The first-order valence-electron chi connectivity index (χ1n) is 7.20. The summed E-state index contributed by atoms with van der Waals surface area (Å²) in [7, 11) is 0. The Labute approximate surface area is 150 Å². The highest BCUT2D eigenvalue weighted by Gasteiger charge is 2.11. The maximum absolute atomic E-state index is 10.6. The zero-order valence-corrected chi connectivity index (χ0v) is 15.6. The number of hydrogen-bond acceptors (Lipinski definition) is 5. The second kappa shape index (κ2) is 9.52. The molecule has 0 spiro atoms. The molecule has 0 saturated heterocycles. The van der Waals surface area contributed by atoms with Crippen LogP contribution in [0.5, 0.6) is 11.5 Å². The van der Waals surface area contributed by atoms with E-state index >= 15 is 0 Å². The minimum Gasteiger partial charge on any atom is -0.490 e. The van der Waals surface area contributed by atoms with Crippen LogP contribution >= 0.6 is 28.3 Å². The molecule has 0 atom stereocenters. The summed E-state index contributed by atoms with van der Waals surface area (Å²) in [6.07, 6.45) is 0.540. The number of carboxylic acids is 1. The van der Waals surface area contributed by atoms with Gasteiger partial charge < -0.3 is 14.6 Å². The van der Waals surface area contributed by atoms with Gasteiger partial charge in [-0.2, -0.15) is 0 Å². The summed E-state index contributed by atoms with van der Waals surface area (Å²) in [5.41, 5.74) is 1.74. The van der Waals surface area contributed by atoms with Gasteiger partial charge in [0.1, 0.15) is 5.01 Å². The molecule has 2 aromatic rings. The number of carboxylic acid groups (broad SMARTS) is 1. The van der Waals surface area contributed by atoms with Gasteiger partial charge in [-0.25, -0.2) is 4.98 Å². The Balaban J connectivity index is 0.00000264. The molecule has 7 heteroatoms. The number of thiazole rings is 1. The average Bonchev–Trinajstić information content (AvgIpc) is 2.96. The van der Waals surface area contributed by atoms with Gasteiger partial charge in [-0.05, 0) is 32.0 Å². The number of halogens is 1. The molecule has 1 aromatic carbocycles. The quantitative estimate of drug-likeness (QED) is 0.717. The van der Waals surface area contributed by atoms with Crippen molar-refractivity contribution in [3.63, 3.8) is 0 Å². The summed E-state index contributed by atoms with van der Waals surface area (Å²) in [4.78, 5) is 15.1. The highest BCUT2D eigenvalue weighted by molar-refractivity contribution is 8.93. The fourth-order valence-electron chi connectivity index (χ4n) is 1.97. The molecule has 0 saturated carbocycles. The van der Waals surface area contributed by atoms with E-state index in [1.165, 1.54) is 11.3 Å². The Morgan fingerprint density at radius 2 is 1.91 bits per heavy atom. The van der Waals surface area contributed by atoms with Crippen LogP contribution in [0.2, 0.25) is 0 Å². The fraction of sp³-hybridized carbons (Fsp3) is 0.375. The largest absolute Gasteiger partial charge is 0.490 e. The first-order chi connectivity index (χ1) is 10.6. The van der Waals surface area contributed by atoms with Crippen molar-refractivity contribution < 1.29 is 19.4 Å². The third kappa shape index (κ3) is 5.51. The van der Waals surface area contributed by atoms with Crippen LogP contribution in [-0.4, -0.2) is 29.3 Å². The van der Waals surface area contributed by atoms with Crippen LogP contribution in [0.25, 0.3) is 10.6 Å². The molecule has 0 unspecified atom stereocenters. The number of hydrogen-bond donors (Lipinski definition) is 1. The minimum absolute atomic E-state index is 0. The summed E-state index contributed by atoms with van der Waals surface area (Å²) in [5, 5.41) is 11.5. The van der Waals surface area contributed by atoms with Crippen LogP contribution in [0.15, 0.2) is 23.6 Å². The van der Waals surface area contributed by atoms with Gasteiger partial charge >= 0.3 is 5.97 Å². The minimum atomic E-state index is -0.811. The van der Waals surface area contributed by atoms with Crippen LogP contribution in [0.1, 0.15) is 26.0 Å². The van der Waals surface area contributed by atoms with Crippen molar-refractivity contribution in [3.8, 4) is 22.1 Å². The smallest absolute Gasteiger partial charge is 0.303 e. The predicted molar refractivity (Wildman–Crippen MR) is 96.2 cm³/mol. The number of rotatable bonds is 8. The number of aliphatic carboxylic acids is 1. The lowest BCUT2D eigenvalue weighted by atomic mass is 10.2. The van der Waals surface area contributed by atoms with Gasteiger partial charge in [0.2, 0.25) is 0 Å². The van der Waals surface area contributed by atoms with E-state index in [1.807, 2.05) is 37.4 Å². The van der Waals surface area contributed by atoms with Gasteiger partial charge in [0.15, 0.2) is 11.5 Å². The Morgan fingerprint density at radius 1 is 1.22 bits per heavy atom. The van der Waals surface area contributed by atoms with Gasteiger partial charge in [0, 0.05) is 17.4 Å². The van der Waals surface area contributed by atoms with Crippen LogP contribution in [-0.2, 0) is 11.2 Å². The van der Waals surface area contributed by atoms with Gasteiger partial charge in [0.05, 0.1) is 25.3 Å². The molecule has 2 rings (SSSR count). The zero-order chi connectivity index (χ0) is 15.9. The van der Waals surface area contributed by atoms with Crippen molar-refractivity contribution in [2.24, 2.45) is 0 Å². The number of aryl methyl sites for hydroxylation is 1. The zero-order valence-electron chi connectivity index (χ0n) is 13.1. The summed E-state index contributed by atoms with van der Waals surface area (Å²) >= 11 is 1.50. The van der Waals surface area contributed by atoms with E-state index in [-0.39, 0.29) is 23.4 Å². The molecule has 126 valence electrons. The molecule has 5 nitrogen and oxygen atoms in total. The third-order valence-electron chi connectivity index (χ3n) is 2.94. The molecule has 0 aliphatic carbocycles. The van der Waals surface area contributed by atoms with Gasteiger partial charge in [-0.1, -0.05) is 0 Å². The predicted octanol–water partition coefficient (Wildman–Crippen LogP) is 4.20. The van der Waals surface area contributed by atoms with Crippen molar-refractivity contribution in [1.82, 2.24) is 4.98 Å². The Hall–Kier alpha value is -1.60. The Bertz CT molecular complexity index is 645. The molecule has 1 heterocycles. The van der Waals surface area contributed by atoms with E-state index in [0.717, 1.165) is 22.0 Å². The molecule has 0 aliphatic heterocycles. The van der Waals surface area contributed by atoms with Crippen LogP contribution < -0.4 is 9.47 Å². The molecule has 0 aliphatic rings. The fourth-order valence-corrected chi connectivity index (χ4v) is 2.82. The maximum Gasteiger partial charge on any atom is 0.303 e. The molecule has 0 fully saturated rings. The molecule has 1 N–H and O–H groups in total. The lowest BCUT2D eigenvalue weighted by molar-refractivity contribution is -0.136. The lowest BCUT2D eigenvalue weighted by Gasteiger charge is -2.11. The molecule has 0 bridgehead atoms. The van der Waals surface area contributed by atoms with Crippen molar-refractivity contribution >= 4 is 34.3 Å². The normalized spacial score (nSPS) is 10.0. The van der Waals surface area contributed by atoms with E-state index in [2.05, 4.69) is 4.98 Å². The second-order valence-corrected chi connectivity index (χ2v) is 5.42. The summed E-state index contributed by atoms with van der Waals surface area (Å²) < 4.78 is 11.2. The number of aromatic nitrogens is 1. The monoisotopic (exact) mass is 401 g/mol. The summed E-state index contributed by atoms with van der Waals surface area (Å²) in [6, 6.07) is 5.73. The van der Waals surface area contributed by atoms with Crippen LogP contribution in [0, 0.1) is 0 Å². The average molecular weight is 402 g/mol. The molecule has 1 aromatic heterocycles. The highest BCUT2D eigenvalue weighted by atomic mass is 79.9. The Morgan fingerprint density at radius 3 is 2.57 bits per heavy atom. The van der Waals surface area contributed by atoms with E-state index in [1.54, 1.807) is 0 Å². The molecular weight excluding hydrogens is 382 g/mol. The van der Waals surface area contributed by atoms with E-state index in [0.29, 0.717) is 25.4 Å². The van der Waals surface area contributed by atoms with Crippen molar-refractivity contribution in [1.29, 1.82) is 0 Å². The van der Waals surface area contributed by atoms with Crippen molar-refractivity contribution in [2.75, 3.05) is 13.2 Å². The first-order valence-corrected chi connectivity index (χ1v) is 8.08. The first kappa shape index (κ1) is 19.4. The third-order valence-corrected chi connectivity index (χ3v) is 3.88. The topological polar surface area (TPSA) is 68.7 Å². The van der Waals surface area contributed by atoms with E-state index < -0.39 is 5.97 Å². The van der Waals surface area contributed by atoms with Crippen molar-refractivity contribution in [2.45, 2.75) is 26.7 Å². The molecule has 0 radical (unpaired) electrons. The molecule has 0 amide bonds. The lowest BCUT2D eigenvalue weighted by Crippen LogP contribution is -1.99. The van der Waals surface area contributed by atoms with E-state index in [9.17, 15) is 4.79 Å². The summed E-state index contributed by atoms with van der Waals surface area (Å²) in [5.74, 6) is 0.606. The Kier molecular flexibility index (Phi) is 8.05. The standard InChI is InChI=1S/C16H19NO4S.BrH/c1-3-20-13-7-5-11(9-14(13)21-4-2)16-17-12(10-22-16)6-8-15(18)19;/h5,7,9-10H,3-4,6,8H2,1-2H3,(H,18,19);1H. The SMILES string of the molecule is Br.CCOc1ccc(-c2nc(CCC(=O)O)cs2)cc1OCC. The van der Waals surface area contributed by atoms with Crippen LogP contribution in [0.3, 0.4) is 0 Å². The van der Waals surface area contributed by atoms with Gasteiger partial charge in [0.25, 0.3) is 0 Å². The maximum atomic E-state index is 10.6. The van der Waals surface area contributed by atoms with Crippen molar-refractivity contribution in [3.05, 3.63) is 29.3 Å². The number of carbonyl (C=O) groups is 1. The molecular formula is C16H20BrNO4S. The van der Waals surface area contributed by atoms with E-state index in [4.69, 9.17) is 14.6 Å². The van der Waals surface area contributed by atoms with Gasteiger partial charge in [-0.15, -0.1) is 28.3 Å². The highest BCUT2D eigenvalue weighted by Crippen LogP contribution is 2.34. The van der Waals surface area contributed by atoms with Crippen LogP contribution in [0.4, 0.5) is 0 Å². The summed E-state index contributed by atoms with van der Waals surface area (Å²) in [6.45, 7) is 5.00. The number of ether oxygens (including phenoxy) is 2. The number of benzene rings is 1. The molecule has 23 heavy (non-hydrogen) atoms. The van der Waals surface area contributed by atoms with Gasteiger partial charge in [-0.3, -0.25) is 4.79 Å².